The van der Waals surface area contributed by atoms with Crippen LogP contribution in [-0.4, -0.2) is 12.6 Å². The summed E-state index contributed by atoms with van der Waals surface area (Å²) < 4.78 is 6.30. The SMILES string of the molecule is CCCNC1c2cc(Cl)c3ccccc3c2OC1CCC. The third-order valence-corrected chi connectivity index (χ3v) is 4.45. The Labute approximate surface area is 131 Å². The van der Waals surface area contributed by atoms with Crippen molar-refractivity contribution in [3.05, 3.63) is 40.9 Å². The molecule has 1 heterocycles. The molecule has 0 fully saturated rings. The highest BCUT2D eigenvalue weighted by Crippen LogP contribution is 2.45. The highest BCUT2D eigenvalue weighted by Gasteiger charge is 2.35. The molecule has 0 aliphatic carbocycles. The molecule has 2 unspecified atom stereocenters. The van der Waals surface area contributed by atoms with Crippen molar-refractivity contribution in [2.45, 2.75) is 45.3 Å². The average molecular weight is 304 g/mol. The number of benzene rings is 2. The monoisotopic (exact) mass is 303 g/mol. The zero-order valence-electron chi connectivity index (χ0n) is 12.7. The summed E-state index contributed by atoms with van der Waals surface area (Å²) in [6.07, 6.45) is 3.50. The Kier molecular flexibility index (Phi) is 4.37. The fourth-order valence-corrected chi connectivity index (χ4v) is 3.44. The molecule has 0 saturated heterocycles. The predicted molar refractivity (Wildman–Crippen MR) is 89.3 cm³/mol. The first kappa shape index (κ1) is 14.7. The van der Waals surface area contributed by atoms with E-state index in [0.29, 0.717) is 0 Å². The molecule has 0 bridgehead atoms. The lowest BCUT2D eigenvalue weighted by Gasteiger charge is -2.19. The van der Waals surface area contributed by atoms with Crippen molar-refractivity contribution in [2.75, 3.05) is 6.54 Å². The van der Waals surface area contributed by atoms with Gasteiger partial charge in [-0.15, -0.1) is 0 Å². The zero-order chi connectivity index (χ0) is 14.8. The normalized spacial score (nSPS) is 20.5. The topological polar surface area (TPSA) is 21.3 Å². The number of rotatable bonds is 5. The molecule has 1 N–H and O–H groups in total. The van der Waals surface area contributed by atoms with Crippen LogP contribution in [0.5, 0.6) is 5.75 Å². The Bertz CT molecular complexity index is 640. The molecule has 2 atom stereocenters. The minimum atomic E-state index is 0.207. The van der Waals surface area contributed by atoms with Crippen LogP contribution in [0.15, 0.2) is 30.3 Å². The van der Waals surface area contributed by atoms with Crippen LogP contribution in [0.2, 0.25) is 5.02 Å². The molecule has 3 rings (SSSR count). The molecule has 1 aliphatic rings. The van der Waals surface area contributed by atoms with Crippen LogP contribution in [0.1, 0.15) is 44.7 Å². The van der Waals surface area contributed by atoms with Gasteiger partial charge in [0.1, 0.15) is 11.9 Å². The minimum Gasteiger partial charge on any atom is -0.487 e. The van der Waals surface area contributed by atoms with Crippen molar-refractivity contribution in [1.82, 2.24) is 5.32 Å². The van der Waals surface area contributed by atoms with Gasteiger partial charge in [0.2, 0.25) is 0 Å². The van der Waals surface area contributed by atoms with Crippen LogP contribution in [0.4, 0.5) is 0 Å². The first-order valence-corrected chi connectivity index (χ1v) is 8.25. The number of nitrogens with one attached hydrogen (secondary N) is 1. The summed E-state index contributed by atoms with van der Waals surface area (Å²) in [6, 6.07) is 10.6. The lowest BCUT2D eigenvalue weighted by atomic mass is 9.97. The van der Waals surface area contributed by atoms with E-state index in [9.17, 15) is 0 Å². The predicted octanol–water partition coefficient (Wildman–Crippen LogP) is 5.10. The molecule has 0 amide bonds. The van der Waals surface area contributed by atoms with Gasteiger partial charge in [-0.25, -0.2) is 0 Å². The van der Waals surface area contributed by atoms with Crippen LogP contribution in [0.3, 0.4) is 0 Å². The van der Waals surface area contributed by atoms with Crippen molar-refractivity contribution in [3.63, 3.8) is 0 Å². The van der Waals surface area contributed by atoms with E-state index >= 15 is 0 Å². The molecule has 2 aromatic rings. The highest BCUT2D eigenvalue weighted by atomic mass is 35.5. The summed E-state index contributed by atoms with van der Waals surface area (Å²) in [5, 5.41) is 6.64. The van der Waals surface area contributed by atoms with Gasteiger partial charge in [-0.05, 0) is 25.5 Å². The van der Waals surface area contributed by atoms with Crippen molar-refractivity contribution in [1.29, 1.82) is 0 Å². The Morgan fingerprint density at radius 1 is 1.14 bits per heavy atom. The maximum atomic E-state index is 6.48. The standard InChI is InChI=1S/C18H22ClNO/c1-3-7-16-17(20-10-4-2)14-11-15(19)12-8-5-6-9-13(12)18(14)21-16/h5-6,8-9,11,16-17,20H,3-4,7,10H2,1-2H3. The molecule has 0 radical (unpaired) electrons. The summed E-state index contributed by atoms with van der Waals surface area (Å²) in [6.45, 7) is 5.39. The van der Waals surface area contributed by atoms with Gasteiger partial charge in [0, 0.05) is 21.4 Å². The summed E-state index contributed by atoms with van der Waals surface area (Å²) in [7, 11) is 0. The summed E-state index contributed by atoms with van der Waals surface area (Å²) in [5.41, 5.74) is 1.21. The van der Waals surface area contributed by atoms with Crippen LogP contribution >= 0.6 is 11.6 Å². The molecule has 21 heavy (non-hydrogen) atoms. The Balaban J connectivity index is 2.08. The van der Waals surface area contributed by atoms with E-state index in [0.717, 1.165) is 47.4 Å². The molecule has 2 nitrogen and oxygen atoms in total. The first-order valence-electron chi connectivity index (χ1n) is 7.87. The van der Waals surface area contributed by atoms with Crippen molar-refractivity contribution in [2.24, 2.45) is 0 Å². The van der Waals surface area contributed by atoms with E-state index in [-0.39, 0.29) is 12.1 Å². The number of hydrogen-bond acceptors (Lipinski definition) is 2. The molecule has 0 spiro atoms. The third kappa shape index (κ3) is 2.63. The maximum absolute atomic E-state index is 6.48. The van der Waals surface area contributed by atoms with Gasteiger partial charge in [-0.3, -0.25) is 0 Å². The number of halogens is 1. The second-order valence-electron chi connectivity index (χ2n) is 5.70. The lowest BCUT2D eigenvalue weighted by molar-refractivity contribution is 0.179. The molecular weight excluding hydrogens is 282 g/mol. The maximum Gasteiger partial charge on any atom is 0.132 e. The van der Waals surface area contributed by atoms with Crippen LogP contribution < -0.4 is 10.1 Å². The lowest BCUT2D eigenvalue weighted by Crippen LogP contribution is -2.31. The first-order chi connectivity index (χ1) is 10.3. The summed E-state index contributed by atoms with van der Waals surface area (Å²) >= 11 is 6.48. The minimum absolute atomic E-state index is 0.207. The number of fused-ring (bicyclic) bond motifs is 3. The van der Waals surface area contributed by atoms with E-state index in [4.69, 9.17) is 16.3 Å². The smallest absolute Gasteiger partial charge is 0.132 e. The van der Waals surface area contributed by atoms with Gasteiger partial charge in [-0.1, -0.05) is 56.1 Å². The summed E-state index contributed by atoms with van der Waals surface area (Å²) in [4.78, 5) is 0. The van der Waals surface area contributed by atoms with Gasteiger partial charge < -0.3 is 10.1 Å². The zero-order valence-corrected chi connectivity index (χ0v) is 13.4. The quantitative estimate of drug-likeness (QED) is 0.830. The van der Waals surface area contributed by atoms with Crippen molar-refractivity contribution in [3.8, 4) is 5.75 Å². The van der Waals surface area contributed by atoms with Crippen molar-refractivity contribution < 1.29 is 4.74 Å². The Morgan fingerprint density at radius 3 is 2.62 bits per heavy atom. The Morgan fingerprint density at radius 2 is 1.90 bits per heavy atom. The van der Waals surface area contributed by atoms with Crippen LogP contribution in [0.25, 0.3) is 10.8 Å². The molecule has 0 saturated carbocycles. The van der Waals surface area contributed by atoms with E-state index in [1.807, 2.05) is 12.1 Å². The van der Waals surface area contributed by atoms with E-state index < -0.39 is 0 Å². The van der Waals surface area contributed by atoms with Gasteiger partial charge in [0.15, 0.2) is 0 Å². The third-order valence-electron chi connectivity index (χ3n) is 4.14. The van der Waals surface area contributed by atoms with E-state index in [2.05, 4.69) is 37.4 Å². The average Bonchev–Trinajstić information content (AvgIpc) is 2.84. The van der Waals surface area contributed by atoms with Crippen molar-refractivity contribution >= 4 is 22.4 Å². The second-order valence-corrected chi connectivity index (χ2v) is 6.11. The molecule has 3 heteroatoms. The van der Waals surface area contributed by atoms with Gasteiger partial charge in [0.25, 0.3) is 0 Å². The van der Waals surface area contributed by atoms with Gasteiger partial charge >= 0.3 is 0 Å². The number of ether oxygens (including phenoxy) is 1. The molecule has 112 valence electrons. The fraction of sp³-hybridized carbons (Fsp3) is 0.444. The highest BCUT2D eigenvalue weighted by molar-refractivity contribution is 6.36. The van der Waals surface area contributed by atoms with E-state index in [1.165, 1.54) is 5.56 Å². The largest absolute Gasteiger partial charge is 0.487 e. The van der Waals surface area contributed by atoms with E-state index in [1.54, 1.807) is 0 Å². The second kappa shape index (κ2) is 6.25. The molecule has 0 aromatic heterocycles. The fourth-order valence-electron chi connectivity index (χ4n) is 3.16. The van der Waals surface area contributed by atoms with Gasteiger partial charge in [0.05, 0.1) is 6.04 Å². The van der Waals surface area contributed by atoms with Gasteiger partial charge in [-0.2, -0.15) is 0 Å². The molecular formula is C18H22ClNO. The Hall–Kier alpha value is -1.25. The van der Waals surface area contributed by atoms with Crippen LogP contribution in [-0.2, 0) is 0 Å². The molecule has 1 aliphatic heterocycles. The van der Waals surface area contributed by atoms with Crippen LogP contribution in [0, 0.1) is 0 Å². The number of hydrogen-bond donors (Lipinski definition) is 1. The summed E-state index contributed by atoms with van der Waals surface area (Å²) in [5.74, 6) is 1.02. The molecule has 2 aromatic carbocycles.